The third kappa shape index (κ3) is 3.00. The van der Waals surface area contributed by atoms with Crippen LogP contribution in [0.15, 0.2) is 0 Å². The van der Waals surface area contributed by atoms with Crippen molar-refractivity contribution in [2.45, 2.75) is 12.8 Å². The number of hydrogen-bond donors (Lipinski definition) is 1. The number of amides is 2. The first kappa shape index (κ1) is 10.6. The Hall–Kier alpha value is -0.940. The summed E-state index contributed by atoms with van der Waals surface area (Å²) in [5.41, 5.74) is 0. The summed E-state index contributed by atoms with van der Waals surface area (Å²) in [6.45, 7) is 3.14. The maximum absolute atomic E-state index is 11.1. The molecule has 2 saturated heterocycles. The van der Waals surface area contributed by atoms with E-state index in [9.17, 15) is 9.59 Å². The van der Waals surface area contributed by atoms with Crippen molar-refractivity contribution in [2.24, 2.45) is 5.92 Å². The number of rotatable bonds is 2. The summed E-state index contributed by atoms with van der Waals surface area (Å²) in [4.78, 5) is 24.2. The maximum Gasteiger partial charge on any atom is 0.240 e. The van der Waals surface area contributed by atoms with Crippen LogP contribution in [-0.4, -0.2) is 49.6 Å². The van der Waals surface area contributed by atoms with Crippen molar-refractivity contribution >= 4 is 11.8 Å². The van der Waals surface area contributed by atoms with Gasteiger partial charge < -0.3 is 4.74 Å². The Morgan fingerprint density at radius 1 is 1.20 bits per heavy atom. The lowest BCUT2D eigenvalue weighted by atomic mass is 9.99. The van der Waals surface area contributed by atoms with E-state index < -0.39 is 0 Å². The summed E-state index contributed by atoms with van der Waals surface area (Å²) in [6, 6.07) is 0. The van der Waals surface area contributed by atoms with E-state index in [-0.39, 0.29) is 11.8 Å². The fourth-order valence-corrected chi connectivity index (χ4v) is 2.12. The minimum atomic E-state index is -0.182. The molecule has 0 aromatic heterocycles. The van der Waals surface area contributed by atoms with Crippen molar-refractivity contribution < 1.29 is 14.3 Å². The average molecular weight is 212 g/mol. The fourth-order valence-electron chi connectivity index (χ4n) is 2.12. The molecular formula is C10H16N2O3. The van der Waals surface area contributed by atoms with Crippen molar-refractivity contribution in [3.63, 3.8) is 0 Å². The van der Waals surface area contributed by atoms with Crippen molar-refractivity contribution in [3.8, 4) is 0 Å². The van der Waals surface area contributed by atoms with E-state index >= 15 is 0 Å². The molecule has 0 saturated carbocycles. The van der Waals surface area contributed by atoms with Crippen LogP contribution in [0.5, 0.6) is 0 Å². The summed E-state index contributed by atoms with van der Waals surface area (Å²) >= 11 is 0. The molecule has 0 spiro atoms. The van der Waals surface area contributed by atoms with Crippen molar-refractivity contribution in [1.29, 1.82) is 0 Å². The lowest BCUT2D eigenvalue weighted by Crippen LogP contribution is -2.52. The molecule has 2 heterocycles. The van der Waals surface area contributed by atoms with Gasteiger partial charge in [0.05, 0.1) is 13.1 Å². The standard InChI is InChI=1S/C10H16N2O3/c13-9-6-12(7-10(14)11-9)5-8-1-3-15-4-2-8/h8H,1-7H2,(H,11,13,14). The predicted molar refractivity (Wildman–Crippen MR) is 53.1 cm³/mol. The number of nitrogens with zero attached hydrogens (tertiary/aromatic N) is 1. The first-order chi connectivity index (χ1) is 7.24. The molecule has 0 bridgehead atoms. The fraction of sp³-hybridized carbons (Fsp3) is 0.800. The van der Waals surface area contributed by atoms with Crippen LogP contribution in [0.2, 0.25) is 0 Å². The van der Waals surface area contributed by atoms with E-state index in [2.05, 4.69) is 5.32 Å². The van der Waals surface area contributed by atoms with Crippen molar-refractivity contribution in [3.05, 3.63) is 0 Å². The number of ether oxygens (including phenoxy) is 1. The highest BCUT2D eigenvalue weighted by Crippen LogP contribution is 2.16. The van der Waals surface area contributed by atoms with Gasteiger partial charge in [-0.2, -0.15) is 0 Å². The zero-order valence-electron chi connectivity index (χ0n) is 8.70. The van der Waals surface area contributed by atoms with Gasteiger partial charge in [-0.3, -0.25) is 19.8 Å². The second-order valence-corrected chi connectivity index (χ2v) is 4.20. The van der Waals surface area contributed by atoms with Crippen LogP contribution in [0.4, 0.5) is 0 Å². The van der Waals surface area contributed by atoms with E-state index in [1.807, 2.05) is 4.90 Å². The van der Waals surface area contributed by atoms with Crippen molar-refractivity contribution in [1.82, 2.24) is 10.2 Å². The average Bonchev–Trinajstić information content (AvgIpc) is 2.17. The predicted octanol–water partition coefficient (Wildman–Crippen LogP) is -0.629. The molecule has 2 aliphatic heterocycles. The molecule has 0 atom stereocenters. The Balaban J connectivity index is 1.82. The number of hydrogen-bond acceptors (Lipinski definition) is 4. The highest BCUT2D eigenvalue weighted by molar-refractivity contribution is 5.99. The number of carbonyl (C=O) groups excluding carboxylic acids is 2. The van der Waals surface area contributed by atoms with Crippen LogP contribution in [0, 0.1) is 5.92 Å². The van der Waals surface area contributed by atoms with Crippen LogP contribution in [0.3, 0.4) is 0 Å². The van der Waals surface area contributed by atoms with E-state index in [0.717, 1.165) is 32.6 Å². The summed E-state index contributed by atoms with van der Waals surface area (Å²) in [7, 11) is 0. The van der Waals surface area contributed by atoms with Gasteiger partial charge in [0.15, 0.2) is 0 Å². The zero-order valence-corrected chi connectivity index (χ0v) is 8.70. The Morgan fingerprint density at radius 2 is 1.80 bits per heavy atom. The van der Waals surface area contributed by atoms with Gasteiger partial charge in [-0.25, -0.2) is 0 Å². The third-order valence-electron chi connectivity index (χ3n) is 2.87. The summed E-state index contributed by atoms with van der Waals surface area (Å²) in [6.07, 6.45) is 2.07. The largest absolute Gasteiger partial charge is 0.381 e. The molecule has 0 aliphatic carbocycles. The molecule has 2 amide bonds. The molecule has 0 radical (unpaired) electrons. The van der Waals surface area contributed by atoms with Crippen LogP contribution >= 0.6 is 0 Å². The molecule has 0 aromatic carbocycles. The molecule has 0 aromatic rings. The Kier molecular flexibility index (Phi) is 3.33. The first-order valence-electron chi connectivity index (χ1n) is 5.37. The van der Waals surface area contributed by atoms with Gasteiger partial charge in [0.25, 0.3) is 0 Å². The van der Waals surface area contributed by atoms with Gasteiger partial charge in [-0.05, 0) is 18.8 Å². The lowest BCUT2D eigenvalue weighted by molar-refractivity contribution is -0.136. The zero-order chi connectivity index (χ0) is 10.7. The van der Waals surface area contributed by atoms with Gasteiger partial charge >= 0.3 is 0 Å². The second-order valence-electron chi connectivity index (χ2n) is 4.20. The van der Waals surface area contributed by atoms with Gasteiger partial charge in [-0.15, -0.1) is 0 Å². The van der Waals surface area contributed by atoms with E-state index in [1.165, 1.54) is 0 Å². The van der Waals surface area contributed by atoms with Crippen LogP contribution in [-0.2, 0) is 14.3 Å². The summed E-state index contributed by atoms with van der Waals surface area (Å²) in [5, 5.41) is 2.30. The molecule has 2 aliphatic rings. The van der Waals surface area contributed by atoms with Crippen LogP contribution in [0.25, 0.3) is 0 Å². The highest BCUT2D eigenvalue weighted by Gasteiger charge is 2.25. The van der Waals surface area contributed by atoms with Gasteiger partial charge in [-0.1, -0.05) is 0 Å². The van der Waals surface area contributed by atoms with E-state index in [1.54, 1.807) is 0 Å². The minimum Gasteiger partial charge on any atom is -0.381 e. The number of nitrogens with one attached hydrogen (secondary N) is 1. The lowest BCUT2D eigenvalue weighted by Gasteiger charge is -2.30. The molecule has 2 rings (SSSR count). The number of carbonyl (C=O) groups is 2. The van der Waals surface area contributed by atoms with E-state index in [0.29, 0.717) is 19.0 Å². The molecule has 84 valence electrons. The Morgan fingerprint density at radius 3 is 2.40 bits per heavy atom. The molecule has 1 N–H and O–H groups in total. The normalized spacial score (nSPS) is 25.3. The second kappa shape index (κ2) is 4.72. The Bertz CT molecular complexity index is 245. The van der Waals surface area contributed by atoms with E-state index in [4.69, 9.17) is 4.74 Å². The van der Waals surface area contributed by atoms with Gasteiger partial charge in [0.1, 0.15) is 0 Å². The highest BCUT2D eigenvalue weighted by atomic mass is 16.5. The topological polar surface area (TPSA) is 58.6 Å². The molecule has 15 heavy (non-hydrogen) atoms. The van der Waals surface area contributed by atoms with Crippen molar-refractivity contribution in [2.75, 3.05) is 32.8 Å². The quantitative estimate of drug-likeness (QED) is 0.619. The number of imide groups is 1. The first-order valence-corrected chi connectivity index (χ1v) is 5.37. The SMILES string of the molecule is O=C1CN(CC2CCOCC2)CC(=O)N1. The monoisotopic (exact) mass is 212 g/mol. The summed E-state index contributed by atoms with van der Waals surface area (Å²) in [5.74, 6) is 0.203. The van der Waals surface area contributed by atoms with Gasteiger partial charge in [0, 0.05) is 19.8 Å². The van der Waals surface area contributed by atoms with Gasteiger partial charge in [0.2, 0.25) is 11.8 Å². The summed E-state index contributed by atoms with van der Waals surface area (Å²) < 4.78 is 5.27. The molecule has 2 fully saturated rings. The molecule has 0 unspecified atom stereocenters. The van der Waals surface area contributed by atoms with Crippen LogP contribution < -0.4 is 5.32 Å². The van der Waals surface area contributed by atoms with Crippen LogP contribution in [0.1, 0.15) is 12.8 Å². The smallest absolute Gasteiger partial charge is 0.240 e. The molecule has 5 heteroatoms. The Labute approximate surface area is 88.8 Å². The minimum absolute atomic E-state index is 0.182. The maximum atomic E-state index is 11.1. The third-order valence-corrected chi connectivity index (χ3v) is 2.87. The molecular weight excluding hydrogens is 196 g/mol. The number of piperazine rings is 1. The molecule has 5 nitrogen and oxygen atoms in total.